The van der Waals surface area contributed by atoms with Crippen LogP contribution in [0.3, 0.4) is 0 Å². The van der Waals surface area contributed by atoms with Gasteiger partial charge in [0.15, 0.2) is 5.82 Å². The SMILES string of the molecule is Cc1cc(OCc2nc(SCc3cccc(F)c3)n[nH]2)ccc1Cl. The Hall–Kier alpha value is -2.05. The monoisotopic (exact) mass is 363 g/mol. The third-order valence-corrected chi connectivity index (χ3v) is 4.62. The minimum Gasteiger partial charge on any atom is -0.486 e. The smallest absolute Gasteiger partial charge is 0.208 e. The van der Waals surface area contributed by atoms with Gasteiger partial charge in [-0.3, -0.25) is 5.10 Å². The molecule has 0 aliphatic carbocycles. The van der Waals surface area contributed by atoms with E-state index in [0.717, 1.165) is 16.9 Å². The van der Waals surface area contributed by atoms with Crippen molar-refractivity contribution in [2.75, 3.05) is 0 Å². The molecule has 0 saturated carbocycles. The van der Waals surface area contributed by atoms with Gasteiger partial charge in [-0.1, -0.05) is 35.5 Å². The van der Waals surface area contributed by atoms with Crippen molar-refractivity contribution in [3.63, 3.8) is 0 Å². The van der Waals surface area contributed by atoms with Crippen LogP contribution >= 0.6 is 23.4 Å². The summed E-state index contributed by atoms with van der Waals surface area (Å²) < 4.78 is 18.8. The number of thioether (sulfide) groups is 1. The molecule has 124 valence electrons. The number of ether oxygens (including phenoxy) is 1. The second-order valence-corrected chi connectivity index (χ2v) is 6.53. The lowest BCUT2D eigenvalue weighted by molar-refractivity contribution is 0.296. The van der Waals surface area contributed by atoms with Crippen LogP contribution in [0.15, 0.2) is 47.6 Å². The summed E-state index contributed by atoms with van der Waals surface area (Å²) in [6, 6.07) is 12.0. The number of H-pyrrole nitrogens is 1. The lowest BCUT2D eigenvalue weighted by Gasteiger charge is -2.05. The Morgan fingerprint density at radius 2 is 2.12 bits per heavy atom. The van der Waals surface area contributed by atoms with Crippen molar-refractivity contribution in [2.24, 2.45) is 0 Å². The van der Waals surface area contributed by atoms with E-state index in [4.69, 9.17) is 16.3 Å². The molecule has 0 fully saturated rings. The summed E-state index contributed by atoms with van der Waals surface area (Å²) in [5.74, 6) is 1.72. The van der Waals surface area contributed by atoms with Gasteiger partial charge in [-0.25, -0.2) is 9.37 Å². The average Bonchev–Trinajstić information content (AvgIpc) is 3.02. The first-order valence-corrected chi connectivity index (χ1v) is 8.64. The molecule has 0 saturated heterocycles. The molecule has 1 aromatic heterocycles. The highest BCUT2D eigenvalue weighted by molar-refractivity contribution is 7.98. The molecular weight excluding hydrogens is 349 g/mol. The Labute approximate surface area is 148 Å². The molecule has 7 heteroatoms. The predicted molar refractivity (Wildman–Crippen MR) is 92.9 cm³/mol. The highest BCUT2D eigenvalue weighted by Crippen LogP contribution is 2.22. The Morgan fingerprint density at radius 3 is 2.92 bits per heavy atom. The fraction of sp³-hybridized carbons (Fsp3) is 0.176. The summed E-state index contributed by atoms with van der Waals surface area (Å²) >= 11 is 7.42. The van der Waals surface area contributed by atoms with E-state index in [1.165, 1.54) is 23.9 Å². The number of nitrogens with zero attached hydrogens (tertiary/aromatic N) is 2. The number of hydrogen-bond donors (Lipinski definition) is 1. The zero-order valence-corrected chi connectivity index (χ0v) is 14.5. The first kappa shape index (κ1) is 16.8. The topological polar surface area (TPSA) is 50.8 Å². The zero-order valence-electron chi connectivity index (χ0n) is 12.9. The van der Waals surface area contributed by atoms with Gasteiger partial charge in [-0.05, 0) is 48.4 Å². The van der Waals surface area contributed by atoms with Crippen molar-refractivity contribution in [2.45, 2.75) is 24.4 Å². The standard InChI is InChI=1S/C17H15ClFN3OS/c1-11-7-14(5-6-15(11)18)23-9-16-20-17(22-21-16)24-10-12-3-2-4-13(19)8-12/h2-8H,9-10H2,1H3,(H,20,21,22). The van der Waals surface area contributed by atoms with Gasteiger partial charge in [0.1, 0.15) is 18.2 Å². The lowest BCUT2D eigenvalue weighted by atomic mass is 10.2. The van der Waals surface area contributed by atoms with E-state index in [1.807, 2.05) is 25.1 Å². The van der Waals surface area contributed by atoms with Crippen LogP contribution in [0.1, 0.15) is 17.0 Å². The molecule has 2 aromatic carbocycles. The lowest BCUT2D eigenvalue weighted by Crippen LogP contribution is -1.98. The zero-order chi connectivity index (χ0) is 16.9. The largest absolute Gasteiger partial charge is 0.486 e. The number of nitrogens with one attached hydrogen (secondary N) is 1. The van der Waals surface area contributed by atoms with E-state index in [-0.39, 0.29) is 12.4 Å². The summed E-state index contributed by atoms with van der Waals surface area (Å²) in [4.78, 5) is 4.35. The van der Waals surface area contributed by atoms with Gasteiger partial charge in [0.05, 0.1) is 0 Å². The number of halogens is 2. The van der Waals surface area contributed by atoms with E-state index >= 15 is 0 Å². The third kappa shape index (κ3) is 4.49. The first-order chi connectivity index (χ1) is 11.6. The van der Waals surface area contributed by atoms with Crippen molar-refractivity contribution in [3.05, 3.63) is 70.3 Å². The summed E-state index contributed by atoms with van der Waals surface area (Å²) in [5, 5.41) is 8.28. The third-order valence-electron chi connectivity index (χ3n) is 3.27. The average molecular weight is 364 g/mol. The van der Waals surface area contributed by atoms with Crippen LogP contribution in [0.2, 0.25) is 5.02 Å². The van der Waals surface area contributed by atoms with Crippen LogP contribution < -0.4 is 4.74 Å². The second-order valence-electron chi connectivity index (χ2n) is 5.18. The Bertz CT molecular complexity index is 840. The Morgan fingerprint density at radius 1 is 1.25 bits per heavy atom. The van der Waals surface area contributed by atoms with Crippen LogP contribution in [0.5, 0.6) is 5.75 Å². The highest BCUT2D eigenvalue weighted by Gasteiger charge is 2.06. The molecule has 0 atom stereocenters. The molecule has 1 N–H and O–H groups in total. The molecule has 0 spiro atoms. The van der Waals surface area contributed by atoms with E-state index < -0.39 is 0 Å². The summed E-state index contributed by atoms with van der Waals surface area (Å²) in [7, 11) is 0. The fourth-order valence-electron chi connectivity index (χ4n) is 2.04. The number of rotatable bonds is 6. The van der Waals surface area contributed by atoms with Crippen molar-refractivity contribution in [1.82, 2.24) is 15.2 Å². The molecule has 0 bridgehead atoms. The first-order valence-electron chi connectivity index (χ1n) is 7.27. The van der Waals surface area contributed by atoms with E-state index in [1.54, 1.807) is 12.1 Å². The maximum absolute atomic E-state index is 13.1. The predicted octanol–water partition coefficient (Wildman–Crippen LogP) is 4.78. The van der Waals surface area contributed by atoms with Crippen LogP contribution in [0.4, 0.5) is 4.39 Å². The number of benzene rings is 2. The Kier molecular flexibility index (Phi) is 5.37. The summed E-state index contributed by atoms with van der Waals surface area (Å²) in [5.41, 5.74) is 1.84. The van der Waals surface area contributed by atoms with Crippen LogP contribution in [0.25, 0.3) is 0 Å². The van der Waals surface area contributed by atoms with Crippen molar-refractivity contribution >= 4 is 23.4 Å². The van der Waals surface area contributed by atoms with Gasteiger partial charge < -0.3 is 4.74 Å². The molecule has 3 aromatic rings. The highest BCUT2D eigenvalue weighted by atomic mass is 35.5. The minimum atomic E-state index is -0.240. The van der Waals surface area contributed by atoms with Gasteiger partial charge in [0.25, 0.3) is 0 Å². The number of aryl methyl sites for hydroxylation is 1. The van der Waals surface area contributed by atoms with Crippen molar-refractivity contribution < 1.29 is 9.13 Å². The molecule has 0 amide bonds. The second kappa shape index (κ2) is 7.68. The normalized spacial score (nSPS) is 10.8. The fourth-order valence-corrected chi connectivity index (χ4v) is 2.92. The molecule has 1 heterocycles. The molecule has 0 unspecified atom stereocenters. The molecule has 24 heavy (non-hydrogen) atoms. The molecule has 3 rings (SSSR count). The number of aromatic amines is 1. The quantitative estimate of drug-likeness (QED) is 0.640. The van der Waals surface area contributed by atoms with E-state index in [2.05, 4.69) is 15.2 Å². The van der Waals surface area contributed by atoms with Crippen LogP contribution in [-0.4, -0.2) is 15.2 Å². The number of hydrogen-bond acceptors (Lipinski definition) is 4. The maximum atomic E-state index is 13.1. The van der Waals surface area contributed by atoms with E-state index in [9.17, 15) is 4.39 Å². The molecular formula is C17H15ClFN3OS. The van der Waals surface area contributed by atoms with Gasteiger partial charge in [-0.15, -0.1) is 5.10 Å². The Balaban J connectivity index is 1.54. The molecule has 0 radical (unpaired) electrons. The maximum Gasteiger partial charge on any atom is 0.208 e. The van der Waals surface area contributed by atoms with Crippen LogP contribution in [0, 0.1) is 12.7 Å². The number of aromatic nitrogens is 3. The summed E-state index contributed by atoms with van der Waals surface area (Å²) in [6.45, 7) is 2.21. The van der Waals surface area contributed by atoms with E-state index in [0.29, 0.717) is 21.8 Å². The minimum absolute atomic E-state index is 0.240. The molecule has 0 aliphatic rings. The molecule has 0 aliphatic heterocycles. The van der Waals surface area contributed by atoms with Crippen molar-refractivity contribution in [1.29, 1.82) is 0 Å². The molecule has 4 nitrogen and oxygen atoms in total. The van der Waals surface area contributed by atoms with Gasteiger partial charge >= 0.3 is 0 Å². The van der Waals surface area contributed by atoms with Gasteiger partial charge in [0, 0.05) is 10.8 Å². The van der Waals surface area contributed by atoms with Crippen LogP contribution in [-0.2, 0) is 12.4 Å². The van der Waals surface area contributed by atoms with Gasteiger partial charge in [0.2, 0.25) is 5.16 Å². The summed E-state index contributed by atoms with van der Waals surface area (Å²) in [6.07, 6.45) is 0. The van der Waals surface area contributed by atoms with Crippen molar-refractivity contribution in [3.8, 4) is 5.75 Å². The van der Waals surface area contributed by atoms with Gasteiger partial charge in [-0.2, -0.15) is 0 Å².